The number of Topliss-reactive ketones (excluding diaryl/α,β-unsaturated/α-hetero) is 1. The highest BCUT2D eigenvalue weighted by molar-refractivity contribution is 5.97. The summed E-state index contributed by atoms with van der Waals surface area (Å²) in [4.78, 5) is 16.3. The van der Waals surface area contributed by atoms with E-state index in [1.807, 2.05) is 50.2 Å². The Morgan fingerprint density at radius 2 is 1.82 bits per heavy atom. The lowest BCUT2D eigenvalue weighted by Gasteiger charge is -2.04. The zero-order chi connectivity index (χ0) is 12.3. The molecule has 0 bridgehead atoms. The maximum atomic E-state index is 12.0. The Morgan fingerprint density at radius 1 is 1.12 bits per heavy atom. The SMILES string of the molecule is Cc1ccc(C(=O)Cc2ncccc2C)cc1. The normalized spacial score (nSPS) is 10.2. The lowest BCUT2D eigenvalue weighted by molar-refractivity contribution is 0.0991. The van der Waals surface area contributed by atoms with Crippen LogP contribution in [-0.4, -0.2) is 10.8 Å². The van der Waals surface area contributed by atoms with Crippen molar-refractivity contribution in [3.05, 3.63) is 65.0 Å². The molecule has 0 spiro atoms. The van der Waals surface area contributed by atoms with Crippen molar-refractivity contribution in [3.8, 4) is 0 Å². The third-order valence-electron chi connectivity index (χ3n) is 2.82. The van der Waals surface area contributed by atoms with E-state index in [0.29, 0.717) is 6.42 Å². The summed E-state index contributed by atoms with van der Waals surface area (Å²) in [6.45, 7) is 3.99. The Bertz CT molecular complexity index is 529. The van der Waals surface area contributed by atoms with Gasteiger partial charge in [0.1, 0.15) is 0 Å². The van der Waals surface area contributed by atoms with Crippen molar-refractivity contribution >= 4 is 5.78 Å². The summed E-state index contributed by atoms with van der Waals surface area (Å²) < 4.78 is 0. The molecule has 86 valence electrons. The fraction of sp³-hybridized carbons (Fsp3) is 0.200. The summed E-state index contributed by atoms with van der Waals surface area (Å²) in [6, 6.07) is 11.5. The number of carbonyl (C=O) groups is 1. The van der Waals surface area contributed by atoms with Gasteiger partial charge in [0.05, 0.1) is 12.1 Å². The summed E-state index contributed by atoms with van der Waals surface area (Å²) in [7, 11) is 0. The number of ketones is 1. The molecule has 1 aromatic carbocycles. The van der Waals surface area contributed by atoms with E-state index in [1.54, 1.807) is 6.20 Å². The third-order valence-corrected chi connectivity index (χ3v) is 2.82. The summed E-state index contributed by atoms with van der Waals surface area (Å²) in [6.07, 6.45) is 2.10. The molecule has 0 amide bonds. The average molecular weight is 225 g/mol. The summed E-state index contributed by atoms with van der Waals surface area (Å²) >= 11 is 0. The van der Waals surface area contributed by atoms with Crippen molar-refractivity contribution < 1.29 is 4.79 Å². The van der Waals surface area contributed by atoms with Crippen LogP contribution in [0.25, 0.3) is 0 Å². The maximum Gasteiger partial charge on any atom is 0.168 e. The molecule has 0 aliphatic heterocycles. The second-order valence-electron chi connectivity index (χ2n) is 4.23. The predicted octanol–water partition coefficient (Wildman–Crippen LogP) is 3.12. The Hall–Kier alpha value is -1.96. The first-order valence-electron chi connectivity index (χ1n) is 5.67. The molecule has 0 saturated carbocycles. The van der Waals surface area contributed by atoms with Gasteiger partial charge in [-0.3, -0.25) is 9.78 Å². The van der Waals surface area contributed by atoms with Crippen LogP contribution in [0.2, 0.25) is 0 Å². The van der Waals surface area contributed by atoms with Gasteiger partial charge in [0.2, 0.25) is 0 Å². The zero-order valence-electron chi connectivity index (χ0n) is 10.1. The number of aryl methyl sites for hydroxylation is 2. The van der Waals surface area contributed by atoms with E-state index in [-0.39, 0.29) is 5.78 Å². The van der Waals surface area contributed by atoms with E-state index in [9.17, 15) is 4.79 Å². The quantitative estimate of drug-likeness (QED) is 0.751. The molecule has 0 atom stereocenters. The van der Waals surface area contributed by atoms with Crippen molar-refractivity contribution in [1.29, 1.82) is 0 Å². The molecule has 0 aliphatic carbocycles. The lowest BCUT2D eigenvalue weighted by Crippen LogP contribution is -2.06. The second-order valence-corrected chi connectivity index (χ2v) is 4.23. The van der Waals surface area contributed by atoms with E-state index < -0.39 is 0 Å². The van der Waals surface area contributed by atoms with Crippen LogP contribution in [0.4, 0.5) is 0 Å². The van der Waals surface area contributed by atoms with Crippen LogP contribution >= 0.6 is 0 Å². The fourth-order valence-electron chi connectivity index (χ4n) is 1.70. The van der Waals surface area contributed by atoms with E-state index in [4.69, 9.17) is 0 Å². The van der Waals surface area contributed by atoms with Gasteiger partial charge in [-0.1, -0.05) is 35.9 Å². The van der Waals surface area contributed by atoms with Crippen LogP contribution in [0.3, 0.4) is 0 Å². The van der Waals surface area contributed by atoms with Crippen molar-refractivity contribution in [3.63, 3.8) is 0 Å². The van der Waals surface area contributed by atoms with Crippen LogP contribution in [0.15, 0.2) is 42.6 Å². The average Bonchev–Trinajstić information content (AvgIpc) is 2.33. The van der Waals surface area contributed by atoms with Gasteiger partial charge in [-0.05, 0) is 25.5 Å². The van der Waals surface area contributed by atoms with Crippen molar-refractivity contribution in [2.24, 2.45) is 0 Å². The molecule has 0 fully saturated rings. The number of pyridine rings is 1. The molecule has 0 radical (unpaired) electrons. The van der Waals surface area contributed by atoms with Gasteiger partial charge in [-0.25, -0.2) is 0 Å². The number of hydrogen-bond acceptors (Lipinski definition) is 2. The Balaban J connectivity index is 2.17. The van der Waals surface area contributed by atoms with Gasteiger partial charge >= 0.3 is 0 Å². The topological polar surface area (TPSA) is 30.0 Å². The highest BCUT2D eigenvalue weighted by Crippen LogP contribution is 2.10. The van der Waals surface area contributed by atoms with E-state index in [1.165, 1.54) is 0 Å². The smallest absolute Gasteiger partial charge is 0.168 e. The van der Waals surface area contributed by atoms with Crippen molar-refractivity contribution in [2.45, 2.75) is 20.3 Å². The number of nitrogens with zero attached hydrogens (tertiary/aromatic N) is 1. The van der Waals surface area contributed by atoms with Gasteiger partial charge in [-0.2, -0.15) is 0 Å². The number of aromatic nitrogens is 1. The fourth-order valence-corrected chi connectivity index (χ4v) is 1.70. The number of rotatable bonds is 3. The van der Waals surface area contributed by atoms with Crippen LogP contribution in [0.1, 0.15) is 27.2 Å². The summed E-state index contributed by atoms with van der Waals surface area (Å²) in [5, 5.41) is 0. The molecule has 2 aromatic rings. The van der Waals surface area contributed by atoms with Crippen molar-refractivity contribution in [2.75, 3.05) is 0 Å². The first-order valence-corrected chi connectivity index (χ1v) is 5.67. The van der Waals surface area contributed by atoms with E-state index in [2.05, 4.69) is 4.98 Å². The largest absolute Gasteiger partial charge is 0.294 e. The first-order chi connectivity index (χ1) is 8.16. The molecule has 0 unspecified atom stereocenters. The molecule has 2 rings (SSSR count). The minimum Gasteiger partial charge on any atom is -0.294 e. The molecular weight excluding hydrogens is 210 g/mol. The predicted molar refractivity (Wildman–Crippen MR) is 68.2 cm³/mol. The highest BCUT2D eigenvalue weighted by Gasteiger charge is 2.09. The van der Waals surface area contributed by atoms with Gasteiger partial charge in [0, 0.05) is 11.8 Å². The van der Waals surface area contributed by atoms with Crippen LogP contribution < -0.4 is 0 Å². The molecule has 0 saturated heterocycles. The van der Waals surface area contributed by atoms with Gasteiger partial charge < -0.3 is 0 Å². The minimum absolute atomic E-state index is 0.117. The van der Waals surface area contributed by atoms with E-state index >= 15 is 0 Å². The van der Waals surface area contributed by atoms with Crippen LogP contribution in [-0.2, 0) is 6.42 Å². The standard InChI is InChI=1S/C15H15NO/c1-11-5-7-13(8-6-11)15(17)10-14-12(2)4-3-9-16-14/h3-9H,10H2,1-2H3. The highest BCUT2D eigenvalue weighted by atomic mass is 16.1. The summed E-state index contributed by atoms with van der Waals surface area (Å²) in [5.41, 5.74) is 3.84. The lowest BCUT2D eigenvalue weighted by atomic mass is 10.0. The number of benzene rings is 1. The molecule has 1 aromatic heterocycles. The summed E-state index contributed by atoms with van der Waals surface area (Å²) in [5.74, 6) is 0.117. The number of carbonyl (C=O) groups excluding carboxylic acids is 1. The van der Waals surface area contributed by atoms with Crippen LogP contribution in [0, 0.1) is 13.8 Å². The number of hydrogen-bond donors (Lipinski definition) is 0. The molecular formula is C15H15NO. The third kappa shape index (κ3) is 2.78. The zero-order valence-corrected chi connectivity index (χ0v) is 10.1. The molecule has 1 heterocycles. The Kier molecular flexibility index (Phi) is 3.33. The molecule has 0 N–H and O–H groups in total. The van der Waals surface area contributed by atoms with Crippen molar-refractivity contribution in [1.82, 2.24) is 4.98 Å². The Labute approximate surface area is 101 Å². The van der Waals surface area contributed by atoms with Crippen LogP contribution in [0.5, 0.6) is 0 Å². The second kappa shape index (κ2) is 4.91. The maximum absolute atomic E-state index is 12.0. The van der Waals surface area contributed by atoms with E-state index in [0.717, 1.165) is 22.4 Å². The molecule has 2 heteroatoms. The Morgan fingerprint density at radius 3 is 2.47 bits per heavy atom. The molecule has 17 heavy (non-hydrogen) atoms. The van der Waals surface area contributed by atoms with Gasteiger partial charge in [-0.15, -0.1) is 0 Å². The molecule has 2 nitrogen and oxygen atoms in total. The first kappa shape index (κ1) is 11.5. The van der Waals surface area contributed by atoms with Gasteiger partial charge in [0.25, 0.3) is 0 Å². The van der Waals surface area contributed by atoms with Gasteiger partial charge in [0.15, 0.2) is 5.78 Å². The minimum atomic E-state index is 0.117. The monoisotopic (exact) mass is 225 g/mol. The molecule has 0 aliphatic rings.